The normalized spacial score (nSPS) is 27.8. The average Bonchev–Trinajstić information content (AvgIpc) is 3.26. The van der Waals surface area contributed by atoms with E-state index in [1.807, 2.05) is 0 Å². The van der Waals surface area contributed by atoms with Crippen LogP contribution in [0.15, 0.2) is 0 Å². The molecule has 0 aromatic carbocycles. The number of hydrogen-bond acceptors (Lipinski definition) is 4. The van der Waals surface area contributed by atoms with Gasteiger partial charge in [-0.25, -0.2) is 0 Å². The molecule has 0 radical (unpaired) electrons. The van der Waals surface area contributed by atoms with Gasteiger partial charge in [-0.15, -0.1) is 0 Å². The van der Waals surface area contributed by atoms with E-state index in [4.69, 9.17) is 4.74 Å². The van der Waals surface area contributed by atoms with Crippen molar-refractivity contribution >= 4 is 5.97 Å². The Morgan fingerprint density at radius 1 is 1.30 bits per heavy atom. The van der Waals surface area contributed by atoms with Crippen molar-refractivity contribution in [2.45, 2.75) is 58.0 Å². The minimum absolute atomic E-state index is 0.0749. The Morgan fingerprint density at radius 3 is 2.65 bits per heavy atom. The number of carbonyl (C=O) groups is 1. The van der Waals surface area contributed by atoms with Crippen molar-refractivity contribution < 1.29 is 9.53 Å². The molecule has 1 aliphatic heterocycles. The largest absolute Gasteiger partial charge is 0.469 e. The third kappa shape index (κ3) is 5.06. The summed E-state index contributed by atoms with van der Waals surface area (Å²) in [6.07, 6.45) is 5.52. The molecule has 4 heteroatoms. The Bertz CT molecular complexity index is 316. The Morgan fingerprint density at radius 2 is 2.05 bits per heavy atom. The van der Waals surface area contributed by atoms with Gasteiger partial charge in [0.1, 0.15) is 0 Å². The molecule has 20 heavy (non-hydrogen) atoms. The van der Waals surface area contributed by atoms with Gasteiger partial charge in [-0.1, -0.05) is 0 Å². The third-order valence-corrected chi connectivity index (χ3v) is 4.67. The molecule has 0 spiro atoms. The molecule has 0 aromatic heterocycles. The van der Waals surface area contributed by atoms with Crippen LogP contribution in [0.25, 0.3) is 0 Å². The van der Waals surface area contributed by atoms with Crippen LogP contribution in [0.3, 0.4) is 0 Å². The fourth-order valence-electron chi connectivity index (χ4n) is 3.10. The second-order valence-electron chi connectivity index (χ2n) is 6.81. The summed E-state index contributed by atoms with van der Waals surface area (Å²) in [6.45, 7) is 7.98. The van der Waals surface area contributed by atoms with E-state index < -0.39 is 0 Å². The summed E-state index contributed by atoms with van der Waals surface area (Å²) in [5.74, 6) is 1.47. The molecule has 0 aromatic rings. The van der Waals surface area contributed by atoms with Gasteiger partial charge >= 0.3 is 5.97 Å². The first-order chi connectivity index (χ1) is 9.58. The number of rotatable bonds is 7. The van der Waals surface area contributed by atoms with Crippen LogP contribution < -0.4 is 5.32 Å². The molecule has 2 unspecified atom stereocenters. The summed E-state index contributed by atoms with van der Waals surface area (Å²) in [5.41, 5.74) is 0. The van der Waals surface area contributed by atoms with Crippen molar-refractivity contribution in [1.82, 2.24) is 10.2 Å². The van der Waals surface area contributed by atoms with Crippen molar-refractivity contribution in [2.75, 3.05) is 26.7 Å². The molecule has 2 aliphatic rings. The van der Waals surface area contributed by atoms with E-state index in [-0.39, 0.29) is 5.97 Å². The lowest BCUT2D eigenvalue weighted by molar-refractivity contribution is -0.141. The highest BCUT2D eigenvalue weighted by Gasteiger charge is 2.30. The molecule has 0 amide bonds. The zero-order valence-electron chi connectivity index (χ0n) is 13.2. The quantitative estimate of drug-likeness (QED) is 0.726. The van der Waals surface area contributed by atoms with Gasteiger partial charge in [-0.05, 0) is 57.9 Å². The fraction of sp³-hybridized carbons (Fsp3) is 0.938. The highest BCUT2D eigenvalue weighted by molar-refractivity contribution is 5.69. The summed E-state index contributed by atoms with van der Waals surface area (Å²) in [5, 5.41) is 3.74. The van der Waals surface area contributed by atoms with Gasteiger partial charge in [0.05, 0.1) is 7.11 Å². The standard InChI is InChI=1S/C16H30N2O2/c1-12(2)18-10-14(6-7-16(19)20-3)8-15(11-18)17-9-13-4-5-13/h12-15,17H,4-11H2,1-3H3. The van der Waals surface area contributed by atoms with Crippen LogP contribution in [0.5, 0.6) is 0 Å². The van der Waals surface area contributed by atoms with E-state index in [0.717, 1.165) is 25.4 Å². The molecular formula is C16H30N2O2. The van der Waals surface area contributed by atoms with Crippen molar-refractivity contribution in [3.8, 4) is 0 Å². The van der Waals surface area contributed by atoms with Crippen molar-refractivity contribution in [1.29, 1.82) is 0 Å². The number of likely N-dealkylation sites (tertiary alicyclic amines) is 1. The third-order valence-electron chi connectivity index (χ3n) is 4.67. The molecular weight excluding hydrogens is 252 g/mol. The lowest BCUT2D eigenvalue weighted by atomic mass is 9.89. The van der Waals surface area contributed by atoms with Gasteiger partial charge < -0.3 is 10.1 Å². The predicted octanol–water partition coefficient (Wildman–Crippen LogP) is 2.04. The number of carbonyl (C=O) groups excluding carboxylic acids is 1. The van der Waals surface area contributed by atoms with Crippen molar-refractivity contribution in [2.24, 2.45) is 11.8 Å². The first-order valence-electron chi connectivity index (χ1n) is 8.12. The zero-order chi connectivity index (χ0) is 14.5. The molecule has 1 N–H and O–H groups in total. The molecule has 1 aliphatic carbocycles. The maximum atomic E-state index is 11.3. The number of nitrogens with one attached hydrogen (secondary N) is 1. The predicted molar refractivity (Wildman–Crippen MR) is 80.6 cm³/mol. The Labute approximate surface area is 123 Å². The topological polar surface area (TPSA) is 41.6 Å². The minimum Gasteiger partial charge on any atom is -0.469 e. The summed E-state index contributed by atoms with van der Waals surface area (Å²) in [6, 6.07) is 1.18. The Balaban J connectivity index is 1.80. The molecule has 2 atom stereocenters. The number of nitrogens with zero attached hydrogens (tertiary/aromatic N) is 1. The number of hydrogen-bond donors (Lipinski definition) is 1. The molecule has 4 nitrogen and oxygen atoms in total. The highest BCUT2D eigenvalue weighted by atomic mass is 16.5. The second kappa shape index (κ2) is 7.41. The summed E-state index contributed by atoms with van der Waals surface area (Å²) < 4.78 is 4.76. The molecule has 2 rings (SSSR count). The Kier molecular flexibility index (Phi) is 5.85. The smallest absolute Gasteiger partial charge is 0.305 e. The van der Waals surface area contributed by atoms with Crippen LogP contribution in [0.1, 0.15) is 46.0 Å². The lowest BCUT2D eigenvalue weighted by Crippen LogP contribution is -2.51. The van der Waals surface area contributed by atoms with Gasteiger partial charge in [-0.2, -0.15) is 0 Å². The number of esters is 1. The monoisotopic (exact) mass is 282 g/mol. The maximum absolute atomic E-state index is 11.3. The first-order valence-corrected chi connectivity index (χ1v) is 8.12. The minimum atomic E-state index is -0.0749. The second-order valence-corrected chi connectivity index (χ2v) is 6.81. The number of ether oxygens (including phenoxy) is 1. The lowest BCUT2D eigenvalue weighted by Gasteiger charge is -2.40. The van der Waals surface area contributed by atoms with E-state index in [9.17, 15) is 4.79 Å². The van der Waals surface area contributed by atoms with Crippen molar-refractivity contribution in [3.05, 3.63) is 0 Å². The van der Waals surface area contributed by atoms with Crippen molar-refractivity contribution in [3.63, 3.8) is 0 Å². The van der Waals surface area contributed by atoms with Crippen LogP contribution in [-0.2, 0) is 9.53 Å². The van der Waals surface area contributed by atoms with Crippen LogP contribution in [0.2, 0.25) is 0 Å². The summed E-state index contributed by atoms with van der Waals surface area (Å²) in [4.78, 5) is 13.9. The van der Waals surface area contributed by atoms with Gasteiger partial charge in [-0.3, -0.25) is 9.69 Å². The molecule has 1 heterocycles. The first kappa shape index (κ1) is 15.8. The van der Waals surface area contributed by atoms with Crippen LogP contribution in [-0.4, -0.2) is 49.7 Å². The Hall–Kier alpha value is -0.610. The van der Waals surface area contributed by atoms with E-state index in [0.29, 0.717) is 24.4 Å². The van der Waals surface area contributed by atoms with Gasteiger partial charge in [0, 0.05) is 31.6 Å². The zero-order valence-corrected chi connectivity index (χ0v) is 13.2. The van der Waals surface area contributed by atoms with Gasteiger partial charge in [0.15, 0.2) is 0 Å². The fourth-order valence-corrected chi connectivity index (χ4v) is 3.10. The van der Waals surface area contributed by atoms with E-state index in [2.05, 4.69) is 24.1 Å². The summed E-state index contributed by atoms with van der Waals surface area (Å²) >= 11 is 0. The van der Waals surface area contributed by atoms with Crippen LogP contribution >= 0.6 is 0 Å². The summed E-state index contributed by atoms with van der Waals surface area (Å²) in [7, 11) is 1.48. The SMILES string of the molecule is COC(=O)CCC1CC(NCC2CC2)CN(C(C)C)C1. The average molecular weight is 282 g/mol. The molecule has 0 bridgehead atoms. The van der Waals surface area contributed by atoms with E-state index in [1.165, 1.54) is 32.9 Å². The molecule has 1 saturated carbocycles. The molecule has 116 valence electrons. The van der Waals surface area contributed by atoms with Gasteiger partial charge in [0.25, 0.3) is 0 Å². The molecule has 1 saturated heterocycles. The number of methoxy groups -OCH3 is 1. The van der Waals surface area contributed by atoms with Gasteiger partial charge in [0.2, 0.25) is 0 Å². The highest BCUT2D eigenvalue weighted by Crippen LogP contribution is 2.29. The van der Waals surface area contributed by atoms with E-state index >= 15 is 0 Å². The molecule has 2 fully saturated rings. The van der Waals surface area contributed by atoms with E-state index in [1.54, 1.807) is 0 Å². The maximum Gasteiger partial charge on any atom is 0.305 e. The van der Waals surface area contributed by atoms with Crippen LogP contribution in [0.4, 0.5) is 0 Å². The number of piperidine rings is 1. The van der Waals surface area contributed by atoms with Crippen LogP contribution in [0, 0.1) is 11.8 Å².